The maximum absolute atomic E-state index is 10.9. The van der Waals surface area contributed by atoms with Crippen molar-refractivity contribution >= 4 is 17.3 Å². The third-order valence-electron chi connectivity index (χ3n) is 2.67. The molecule has 1 N–H and O–H groups in total. The van der Waals surface area contributed by atoms with Gasteiger partial charge in [0.05, 0.1) is 24.3 Å². The summed E-state index contributed by atoms with van der Waals surface area (Å²) in [7, 11) is 1.60. The van der Waals surface area contributed by atoms with E-state index in [9.17, 15) is 4.79 Å². The minimum Gasteiger partial charge on any atom is -0.496 e. The summed E-state index contributed by atoms with van der Waals surface area (Å²) in [6, 6.07) is 7.56. The Kier molecular flexibility index (Phi) is 3.62. The van der Waals surface area contributed by atoms with Crippen molar-refractivity contribution in [3.63, 3.8) is 0 Å². The van der Waals surface area contributed by atoms with E-state index in [1.807, 2.05) is 24.3 Å². The molecule has 0 aliphatic heterocycles. The summed E-state index contributed by atoms with van der Waals surface area (Å²) in [5.41, 5.74) is 1.46. The van der Waals surface area contributed by atoms with E-state index in [4.69, 9.17) is 9.84 Å². The smallest absolute Gasteiger partial charge is 0.312 e. The molecule has 0 aliphatic carbocycles. The van der Waals surface area contributed by atoms with Crippen LogP contribution in [-0.2, 0) is 4.79 Å². The highest BCUT2D eigenvalue weighted by Gasteiger charge is 2.18. The molecule has 0 spiro atoms. The summed E-state index contributed by atoms with van der Waals surface area (Å²) < 4.78 is 5.27. The van der Waals surface area contributed by atoms with Crippen LogP contribution < -0.4 is 4.74 Å². The van der Waals surface area contributed by atoms with Crippen LogP contribution in [0.1, 0.15) is 18.5 Å². The largest absolute Gasteiger partial charge is 0.496 e. The molecule has 1 aromatic heterocycles. The number of carbonyl (C=O) groups is 1. The molecule has 4 nitrogen and oxygen atoms in total. The van der Waals surface area contributed by atoms with Crippen molar-refractivity contribution in [1.82, 2.24) is 4.98 Å². The molecule has 1 unspecified atom stereocenters. The van der Waals surface area contributed by atoms with Gasteiger partial charge in [-0.15, -0.1) is 11.3 Å². The van der Waals surface area contributed by atoms with Crippen LogP contribution in [0.25, 0.3) is 10.6 Å². The van der Waals surface area contributed by atoms with Crippen LogP contribution in [0.15, 0.2) is 29.6 Å². The van der Waals surface area contributed by atoms with Crippen molar-refractivity contribution in [1.29, 1.82) is 0 Å². The molecule has 0 saturated carbocycles. The molecular weight excluding hydrogens is 250 g/mol. The number of hydrogen-bond donors (Lipinski definition) is 1. The lowest BCUT2D eigenvalue weighted by atomic mass is 10.1. The molecule has 2 aromatic rings. The Morgan fingerprint density at radius 3 is 2.83 bits per heavy atom. The average Bonchev–Trinajstić information content (AvgIpc) is 2.87. The molecular formula is C13H13NO3S. The molecule has 0 amide bonds. The van der Waals surface area contributed by atoms with Gasteiger partial charge in [0.1, 0.15) is 10.8 Å². The monoisotopic (exact) mass is 263 g/mol. The van der Waals surface area contributed by atoms with Crippen LogP contribution in [0.5, 0.6) is 5.75 Å². The molecule has 94 valence electrons. The first-order valence-corrected chi connectivity index (χ1v) is 6.33. The van der Waals surface area contributed by atoms with Gasteiger partial charge in [-0.3, -0.25) is 4.79 Å². The van der Waals surface area contributed by atoms with E-state index in [0.29, 0.717) is 5.69 Å². The van der Waals surface area contributed by atoms with Crippen molar-refractivity contribution in [2.24, 2.45) is 0 Å². The normalized spacial score (nSPS) is 12.1. The third-order valence-corrected chi connectivity index (χ3v) is 3.57. The molecule has 0 bridgehead atoms. The number of aromatic nitrogens is 1. The van der Waals surface area contributed by atoms with Gasteiger partial charge in [-0.05, 0) is 19.1 Å². The lowest BCUT2D eigenvalue weighted by Crippen LogP contribution is -2.07. The molecule has 1 heterocycles. The van der Waals surface area contributed by atoms with Crippen molar-refractivity contribution in [2.45, 2.75) is 12.8 Å². The Balaban J connectivity index is 2.38. The van der Waals surface area contributed by atoms with Gasteiger partial charge in [0.25, 0.3) is 0 Å². The number of carboxylic acid groups (broad SMARTS) is 1. The molecule has 1 aromatic carbocycles. The predicted octanol–water partition coefficient (Wildman–Crippen LogP) is 3.01. The zero-order valence-electron chi connectivity index (χ0n) is 10.1. The topological polar surface area (TPSA) is 59.4 Å². The van der Waals surface area contributed by atoms with Crippen LogP contribution in [0.2, 0.25) is 0 Å². The highest BCUT2D eigenvalue weighted by molar-refractivity contribution is 7.13. The van der Waals surface area contributed by atoms with Crippen LogP contribution >= 0.6 is 11.3 Å². The van der Waals surface area contributed by atoms with Gasteiger partial charge in [0.15, 0.2) is 0 Å². The fourth-order valence-electron chi connectivity index (χ4n) is 1.56. The van der Waals surface area contributed by atoms with E-state index in [-0.39, 0.29) is 0 Å². The average molecular weight is 263 g/mol. The van der Waals surface area contributed by atoms with Crippen molar-refractivity contribution in [3.05, 3.63) is 35.3 Å². The number of methoxy groups -OCH3 is 1. The number of benzene rings is 1. The first-order valence-electron chi connectivity index (χ1n) is 5.45. The Bertz CT molecular complexity index is 565. The zero-order valence-corrected chi connectivity index (χ0v) is 10.9. The fraction of sp³-hybridized carbons (Fsp3) is 0.231. The molecule has 0 radical (unpaired) electrons. The summed E-state index contributed by atoms with van der Waals surface area (Å²) >= 11 is 1.42. The second-order valence-corrected chi connectivity index (χ2v) is 4.70. The second-order valence-electron chi connectivity index (χ2n) is 3.84. The van der Waals surface area contributed by atoms with E-state index < -0.39 is 11.9 Å². The Hall–Kier alpha value is -1.88. The summed E-state index contributed by atoms with van der Waals surface area (Å²) in [6.45, 7) is 1.63. The van der Waals surface area contributed by atoms with Crippen LogP contribution in [0, 0.1) is 0 Å². The van der Waals surface area contributed by atoms with E-state index in [1.54, 1.807) is 19.4 Å². The number of thiazole rings is 1. The van der Waals surface area contributed by atoms with Gasteiger partial charge in [0, 0.05) is 5.38 Å². The van der Waals surface area contributed by atoms with Crippen molar-refractivity contribution in [2.75, 3.05) is 7.11 Å². The van der Waals surface area contributed by atoms with Crippen LogP contribution in [0.4, 0.5) is 0 Å². The zero-order chi connectivity index (χ0) is 13.1. The number of ether oxygens (including phenoxy) is 1. The molecule has 5 heteroatoms. The number of aliphatic carboxylic acids is 1. The number of nitrogens with zero attached hydrogens (tertiary/aromatic N) is 1. The molecule has 0 saturated heterocycles. The minimum atomic E-state index is -0.869. The van der Waals surface area contributed by atoms with Gasteiger partial charge in [-0.25, -0.2) is 4.98 Å². The summed E-state index contributed by atoms with van der Waals surface area (Å²) in [5.74, 6) is -0.724. The Morgan fingerprint density at radius 1 is 1.44 bits per heavy atom. The maximum Gasteiger partial charge on any atom is 0.312 e. The quantitative estimate of drug-likeness (QED) is 0.921. The number of para-hydroxylation sites is 1. The maximum atomic E-state index is 10.9. The SMILES string of the molecule is COc1ccccc1-c1nc(C(C)C(=O)O)cs1. The van der Waals surface area contributed by atoms with E-state index in [2.05, 4.69) is 4.98 Å². The Labute approximate surface area is 109 Å². The van der Waals surface area contributed by atoms with Gasteiger partial charge >= 0.3 is 5.97 Å². The standard InChI is InChI=1S/C13H13NO3S/c1-8(13(15)16)10-7-18-12(14-10)9-5-3-4-6-11(9)17-2/h3-8H,1-2H3,(H,15,16). The molecule has 2 rings (SSSR count). The predicted molar refractivity (Wildman–Crippen MR) is 70.2 cm³/mol. The summed E-state index contributed by atoms with van der Waals surface area (Å²) in [5, 5.41) is 11.5. The number of hydrogen-bond acceptors (Lipinski definition) is 4. The minimum absolute atomic E-state index is 0.577. The Morgan fingerprint density at radius 2 is 2.17 bits per heavy atom. The fourth-order valence-corrected chi connectivity index (χ4v) is 2.50. The van der Waals surface area contributed by atoms with E-state index in [1.165, 1.54) is 11.3 Å². The highest BCUT2D eigenvalue weighted by atomic mass is 32.1. The molecule has 0 fully saturated rings. The van der Waals surface area contributed by atoms with Crippen molar-refractivity contribution in [3.8, 4) is 16.3 Å². The summed E-state index contributed by atoms with van der Waals surface area (Å²) in [6.07, 6.45) is 0. The van der Waals surface area contributed by atoms with Gasteiger partial charge in [-0.2, -0.15) is 0 Å². The first kappa shape index (κ1) is 12.6. The van der Waals surface area contributed by atoms with E-state index in [0.717, 1.165) is 16.3 Å². The number of carboxylic acids is 1. The summed E-state index contributed by atoms with van der Waals surface area (Å²) in [4.78, 5) is 15.3. The van der Waals surface area contributed by atoms with Crippen molar-refractivity contribution < 1.29 is 14.6 Å². The third kappa shape index (κ3) is 2.36. The first-order chi connectivity index (χ1) is 8.63. The molecule has 18 heavy (non-hydrogen) atoms. The molecule has 1 atom stereocenters. The van der Waals surface area contributed by atoms with Crippen LogP contribution in [0.3, 0.4) is 0 Å². The van der Waals surface area contributed by atoms with E-state index >= 15 is 0 Å². The van der Waals surface area contributed by atoms with Crippen LogP contribution in [-0.4, -0.2) is 23.2 Å². The highest BCUT2D eigenvalue weighted by Crippen LogP contribution is 2.33. The van der Waals surface area contributed by atoms with Gasteiger partial charge < -0.3 is 9.84 Å². The van der Waals surface area contributed by atoms with Gasteiger partial charge in [-0.1, -0.05) is 12.1 Å². The second kappa shape index (κ2) is 5.18. The lowest BCUT2D eigenvalue weighted by Gasteiger charge is -2.05. The molecule has 0 aliphatic rings. The number of rotatable bonds is 4. The van der Waals surface area contributed by atoms with Gasteiger partial charge in [0.2, 0.25) is 0 Å². The lowest BCUT2D eigenvalue weighted by molar-refractivity contribution is -0.138.